The van der Waals surface area contributed by atoms with E-state index in [0.29, 0.717) is 0 Å². The first kappa shape index (κ1) is 11.0. The molecule has 0 unspecified atom stereocenters. The van der Waals surface area contributed by atoms with Crippen LogP contribution in [0, 0.1) is 6.92 Å². The Labute approximate surface area is 122 Å². The van der Waals surface area contributed by atoms with Gasteiger partial charge in [0, 0.05) is 16.5 Å². The molecule has 4 aromatic carbocycles. The van der Waals surface area contributed by atoms with Gasteiger partial charge in [-0.05, 0) is 39.9 Å². The molecule has 5 rings (SSSR count). The van der Waals surface area contributed by atoms with Crippen molar-refractivity contribution in [3.05, 3.63) is 66.4 Å². The van der Waals surface area contributed by atoms with Crippen LogP contribution in [0.3, 0.4) is 0 Å². The van der Waals surface area contributed by atoms with E-state index in [9.17, 15) is 0 Å². The second kappa shape index (κ2) is 3.70. The molecule has 0 bridgehead atoms. The Morgan fingerprint density at radius 2 is 1.43 bits per heavy atom. The number of hydrogen-bond donors (Lipinski definition) is 0. The molecule has 1 aromatic heterocycles. The molecule has 0 saturated heterocycles. The SMILES string of the molecule is Cc1cc2ccc3cccc4c5ccccc5c(n1)c2c34. The summed E-state index contributed by atoms with van der Waals surface area (Å²) in [5.41, 5.74) is 2.20. The van der Waals surface area contributed by atoms with E-state index in [-0.39, 0.29) is 0 Å². The van der Waals surface area contributed by atoms with Crippen molar-refractivity contribution < 1.29 is 0 Å². The van der Waals surface area contributed by atoms with E-state index in [2.05, 4.69) is 67.6 Å². The Morgan fingerprint density at radius 3 is 2.33 bits per heavy atom. The van der Waals surface area contributed by atoms with Gasteiger partial charge in [0.1, 0.15) is 0 Å². The van der Waals surface area contributed by atoms with Crippen molar-refractivity contribution >= 4 is 43.2 Å². The van der Waals surface area contributed by atoms with Crippen LogP contribution in [-0.2, 0) is 0 Å². The molecule has 1 nitrogen and oxygen atoms in total. The number of aryl methyl sites for hydroxylation is 1. The van der Waals surface area contributed by atoms with Gasteiger partial charge in [0.2, 0.25) is 0 Å². The molecule has 0 amide bonds. The molecule has 0 spiro atoms. The molecule has 1 heteroatoms. The number of pyridine rings is 1. The summed E-state index contributed by atoms with van der Waals surface area (Å²) < 4.78 is 0. The van der Waals surface area contributed by atoms with Gasteiger partial charge in [-0.15, -0.1) is 0 Å². The van der Waals surface area contributed by atoms with E-state index in [1.807, 2.05) is 0 Å². The highest BCUT2D eigenvalue weighted by Crippen LogP contribution is 2.39. The van der Waals surface area contributed by atoms with Gasteiger partial charge in [-0.25, -0.2) is 0 Å². The standard InChI is InChI=1S/C20H13N/c1-12-11-14-10-9-13-5-4-8-16-15-6-2-3-7-17(15)20(21-12)19(14)18(13)16/h2-11H,1H3. The van der Waals surface area contributed by atoms with Gasteiger partial charge in [-0.1, -0.05) is 54.6 Å². The fourth-order valence-electron chi connectivity index (χ4n) is 3.60. The monoisotopic (exact) mass is 267 g/mol. The van der Waals surface area contributed by atoms with E-state index in [1.54, 1.807) is 0 Å². The van der Waals surface area contributed by atoms with Crippen molar-refractivity contribution in [3.8, 4) is 0 Å². The summed E-state index contributed by atoms with van der Waals surface area (Å²) in [5, 5.41) is 9.09. The van der Waals surface area contributed by atoms with Crippen molar-refractivity contribution in [1.29, 1.82) is 0 Å². The fourth-order valence-corrected chi connectivity index (χ4v) is 3.60. The van der Waals surface area contributed by atoms with Gasteiger partial charge in [0.15, 0.2) is 0 Å². The van der Waals surface area contributed by atoms with E-state index >= 15 is 0 Å². The molecular formula is C20H13N. The van der Waals surface area contributed by atoms with E-state index < -0.39 is 0 Å². The first-order valence-electron chi connectivity index (χ1n) is 7.26. The third-order valence-corrected chi connectivity index (χ3v) is 4.44. The third kappa shape index (κ3) is 1.33. The third-order valence-electron chi connectivity index (χ3n) is 4.44. The maximum absolute atomic E-state index is 4.86. The molecule has 0 radical (unpaired) electrons. The van der Waals surface area contributed by atoms with E-state index in [0.717, 1.165) is 11.2 Å². The summed E-state index contributed by atoms with van der Waals surface area (Å²) >= 11 is 0. The second-order valence-corrected chi connectivity index (χ2v) is 5.73. The Hall–Kier alpha value is -2.67. The summed E-state index contributed by atoms with van der Waals surface area (Å²) in [6.45, 7) is 2.07. The molecule has 0 fully saturated rings. The minimum Gasteiger partial charge on any atom is -0.252 e. The summed E-state index contributed by atoms with van der Waals surface area (Å²) in [4.78, 5) is 4.86. The number of rotatable bonds is 0. The van der Waals surface area contributed by atoms with Gasteiger partial charge in [-0.3, -0.25) is 4.98 Å². The second-order valence-electron chi connectivity index (χ2n) is 5.73. The van der Waals surface area contributed by atoms with Crippen LogP contribution in [0.4, 0.5) is 0 Å². The van der Waals surface area contributed by atoms with E-state index in [1.165, 1.54) is 37.7 Å². The predicted molar refractivity (Wildman–Crippen MR) is 90.2 cm³/mol. The number of nitrogens with zero attached hydrogens (tertiary/aromatic N) is 1. The van der Waals surface area contributed by atoms with Crippen LogP contribution in [-0.4, -0.2) is 4.98 Å². The summed E-state index contributed by atoms with van der Waals surface area (Å²) in [6.07, 6.45) is 0. The van der Waals surface area contributed by atoms with Gasteiger partial charge in [0.25, 0.3) is 0 Å². The van der Waals surface area contributed by atoms with Crippen LogP contribution in [0.1, 0.15) is 5.69 Å². The number of fused-ring (bicyclic) bond motifs is 3. The average molecular weight is 267 g/mol. The largest absolute Gasteiger partial charge is 0.252 e. The summed E-state index contributed by atoms with van der Waals surface area (Å²) in [7, 11) is 0. The molecule has 21 heavy (non-hydrogen) atoms. The van der Waals surface area contributed by atoms with Crippen LogP contribution in [0.2, 0.25) is 0 Å². The molecule has 5 aromatic rings. The molecule has 0 saturated carbocycles. The Kier molecular flexibility index (Phi) is 1.95. The topological polar surface area (TPSA) is 12.9 Å². The maximum atomic E-state index is 4.86. The lowest BCUT2D eigenvalue weighted by Gasteiger charge is -2.14. The van der Waals surface area contributed by atoms with Gasteiger partial charge in [-0.2, -0.15) is 0 Å². The van der Waals surface area contributed by atoms with Crippen molar-refractivity contribution in [1.82, 2.24) is 4.98 Å². The van der Waals surface area contributed by atoms with Crippen LogP contribution in [0.15, 0.2) is 60.7 Å². The van der Waals surface area contributed by atoms with Crippen molar-refractivity contribution in [2.24, 2.45) is 0 Å². The summed E-state index contributed by atoms with van der Waals surface area (Å²) in [6, 6.07) is 21.8. The zero-order valence-corrected chi connectivity index (χ0v) is 11.7. The highest BCUT2D eigenvalue weighted by atomic mass is 14.7. The van der Waals surface area contributed by atoms with Gasteiger partial charge < -0.3 is 0 Å². The highest BCUT2D eigenvalue weighted by molar-refractivity contribution is 6.32. The van der Waals surface area contributed by atoms with Crippen LogP contribution in [0.25, 0.3) is 43.2 Å². The lowest BCUT2D eigenvalue weighted by Crippen LogP contribution is -1.91. The van der Waals surface area contributed by atoms with Crippen molar-refractivity contribution in [2.75, 3.05) is 0 Å². The normalized spacial score (nSPS) is 12.0. The maximum Gasteiger partial charge on any atom is 0.0796 e. The lowest BCUT2D eigenvalue weighted by molar-refractivity contribution is 1.27. The van der Waals surface area contributed by atoms with Gasteiger partial charge in [0.05, 0.1) is 5.52 Å². The summed E-state index contributed by atoms with van der Waals surface area (Å²) in [5.74, 6) is 0. The molecule has 0 aliphatic heterocycles. The molecule has 1 heterocycles. The zero-order valence-electron chi connectivity index (χ0n) is 11.7. The van der Waals surface area contributed by atoms with Crippen molar-refractivity contribution in [2.45, 2.75) is 6.92 Å². The number of aromatic nitrogens is 1. The smallest absolute Gasteiger partial charge is 0.0796 e. The zero-order chi connectivity index (χ0) is 14.0. The Balaban J connectivity index is 2.31. The highest BCUT2D eigenvalue weighted by Gasteiger charge is 2.13. The quantitative estimate of drug-likeness (QED) is 0.269. The first-order valence-corrected chi connectivity index (χ1v) is 7.26. The minimum absolute atomic E-state index is 1.08. The van der Waals surface area contributed by atoms with Crippen LogP contribution in [0.5, 0.6) is 0 Å². The number of hydrogen-bond acceptors (Lipinski definition) is 1. The lowest BCUT2D eigenvalue weighted by atomic mass is 9.91. The first-order chi connectivity index (χ1) is 10.3. The molecule has 0 N–H and O–H groups in total. The molecule has 0 aliphatic rings. The molecule has 98 valence electrons. The van der Waals surface area contributed by atoms with E-state index in [4.69, 9.17) is 4.98 Å². The number of benzene rings is 4. The predicted octanol–water partition coefficient (Wildman–Crippen LogP) is 5.44. The van der Waals surface area contributed by atoms with Crippen LogP contribution >= 0.6 is 0 Å². The minimum atomic E-state index is 1.08. The fraction of sp³-hybridized carbons (Fsp3) is 0.0500. The molecular weight excluding hydrogens is 254 g/mol. The van der Waals surface area contributed by atoms with Gasteiger partial charge >= 0.3 is 0 Å². The molecule has 0 atom stereocenters. The van der Waals surface area contributed by atoms with Crippen LogP contribution < -0.4 is 0 Å². The molecule has 0 aliphatic carbocycles. The van der Waals surface area contributed by atoms with Crippen molar-refractivity contribution in [3.63, 3.8) is 0 Å². The Morgan fingerprint density at radius 1 is 0.667 bits per heavy atom. The Bertz CT molecular complexity index is 1140. The average Bonchev–Trinajstić information content (AvgIpc) is 2.53.